The van der Waals surface area contributed by atoms with Crippen LogP contribution in [0.5, 0.6) is 5.75 Å². The van der Waals surface area contributed by atoms with Crippen molar-refractivity contribution in [3.05, 3.63) is 59.9 Å². The van der Waals surface area contributed by atoms with Crippen LogP contribution in [0.2, 0.25) is 0 Å². The number of para-hydroxylation sites is 1. The standard InChI is InChI=1S/C18H19N5O2/c1-3-14-6-4-5-7-17(14)25-11-18(24)20-15-8-9-16(13(2)10-15)23-12-19-21-22-23/h4-10,12H,3,11H2,1-2H3,(H,20,24). The smallest absolute Gasteiger partial charge is 0.262 e. The highest BCUT2D eigenvalue weighted by Gasteiger charge is 2.08. The van der Waals surface area contributed by atoms with E-state index in [-0.39, 0.29) is 12.5 Å². The second-order valence-electron chi connectivity index (χ2n) is 5.55. The highest BCUT2D eigenvalue weighted by Crippen LogP contribution is 2.19. The Morgan fingerprint density at radius 1 is 1.24 bits per heavy atom. The van der Waals surface area contributed by atoms with Gasteiger partial charge in [-0.05, 0) is 59.2 Å². The van der Waals surface area contributed by atoms with E-state index in [0.717, 1.165) is 29.0 Å². The third-order valence-electron chi connectivity index (χ3n) is 3.79. The molecule has 0 radical (unpaired) electrons. The lowest BCUT2D eigenvalue weighted by atomic mass is 10.1. The lowest BCUT2D eigenvalue weighted by Crippen LogP contribution is -2.20. The maximum absolute atomic E-state index is 12.1. The Bertz CT molecular complexity index is 862. The van der Waals surface area contributed by atoms with E-state index < -0.39 is 0 Å². The van der Waals surface area contributed by atoms with Gasteiger partial charge in [-0.3, -0.25) is 4.79 Å². The fourth-order valence-corrected chi connectivity index (χ4v) is 2.54. The van der Waals surface area contributed by atoms with Crippen LogP contribution < -0.4 is 10.1 Å². The minimum absolute atomic E-state index is 0.0369. The number of tetrazole rings is 1. The van der Waals surface area contributed by atoms with Gasteiger partial charge in [0.25, 0.3) is 5.91 Å². The fraction of sp³-hybridized carbons (Fsp3) is 0.222. The zero-order valence-electron chi connectivity index (χ0n) is 14.1. The Labute approximate surface area is 145 Å². The average molecular weight is 337 g/mol. The number of hydrogen-bond donors (Lipinski definition) is 1. The van der Waals surface area contributed by atoms with Crippen LogP contribution in [0.15, 0.2) is 48.8 Å². The first-order valence-corrected chi connectivity index (χ1v) is 8.02. The molecule has 2 aromatic carbocycles. The average Bonchev–Trinajstić information content (AvgIpc) is 3.14. The molecule has 0 saturated carbocycles. The molecule has 0 spiro atoms. The Morgan fingerprint density at radius 3 is 2.80 bits per heavy atom. The molecule has 1 heterocycles. The number of nitrogens with one attached hydrogen (secondary N) is 1. The number of carbonyl (C=O) groups is 1. The first kappa shape index (κ1) is 16.6. The lowest BCUT2D eigenvalue weighted by molar-refractivity contribution is -0.118. The Morgan fingerprint density at radius 2 is 2.08 bits per heavy atom. The van der Waals surface area contributed by atoms with Gasteiger partial charge in [-0.1, -0.05) is 25.1 Å². The zero-order chi connectivity index (χ0) is 17.6. The lowest BCUT2D eigenvalue weighted by Gasteiger charge is -2.11. The van der Waals surface area contributed by atoms with E-state index in [9.17, 15) is 4.79 Å². The van der Waals surface area contributed by atoms with Crippen LogP contribution in [0.25, 0.3) is 5.69 Å². The predicted molar refractivity (Wildman–Crippen MR) is 93.8 cm³/mol. The molecule has 25 heavy (non-hydrogen) atoms. The summed E-state index contributed by atoms with van der Waals surface area (Å²) in [6.45, 7) is 3.95. The number of anilines is 1. The maximum atomic E-state index is 12.1. The molecule has 1 aromatic heterocycles. The van der Waals surface area contributed by atoms with Gasteiger partial charge >= 0.3 is 0 Å². The third kappa shape index (κ3) is 4.00. The summed E-state index contributed by atoms with van der Waals surface area (Å²) in [5.41, 5.74) is 3.59. The van der Waals surface area contributed by atoms with Crippen molar-refractivity contribution < 1.29 is 9.53 Å². The molecule has 0 aliphatic heterocycles. The molecule has 0 bridgehead atoms. The second kappa shape index (κ2) is 7.57. The maximum Gasteiger partial charge on any atom is 0.262 e. The van der Waals surface area contributed by atoms with Crippen LogP contribution in [0.1, 0.15) is 18.1 Å². The number of nitrogens with zero attached hydrogens (tertiary/aromatic N) is 4. The van der Waals surface area contributed by atoms with Gasteiger partial charge < -0.3 is 10.1 Å². The molecule has 0 fully saturated rings. The van der Waals surface area contributed by atoms with E-state index in [1.54, 1.807) is 4.68 Å². The molecule has 7 heteroatoms. The minimum atomic E-state index is -0.208. The van der Waals surface area contributed by atoms with Crippen molar-refractivity contribution in [3.8, 4) is 11.4 Å². The largest absolute Gasteiger partial charge is 0.483 e. The molecule has 3 rings (SSSR count). The Hall–Kier alpha value is -3.22. The molecule has 0 aliphatic rings. The predicted octanol–water partition coefficient (Wildman–Crippen LogP) is 2.55. The van der Waals surface area contributed by atoms with Crippen LogP contribution in [0, 0.1) is 6.92 Å². The summed E-state index contributed by atoms with van der Waals surface area (Å²) in [5.74, 6) is 0.533. The molecule has 0 saturated heterocycles. The number of carbonyl (C=O) groups excluding carboxylic acids is 1. The number of amides is 1. The van der Waals surface area contributed by atoms with Crippen molar-refractivity contribution in [1.82, 2.24) is 20.2 Å². The third-order valence-corrected chi connectivity index (χ3v) is 3.79. The summed E-state index contributed by atoms with van der Waals surface area (Å²) < 4.78 is 7.21. The second-order valence-corrected chi connectivity index (χ2v) is 5.55. The van der Waals surface area contributed by atoms with E-state index in [4.69, 9.17) is 4.74 Å². The Kier molecular flexibility index (Phi) is 5.03. The number of rotatable bonds is 6. The van der Waals surface area contributed by atoms with Crippen LogP contribution >= 0.6 is 0 Å². The van der Waals surface area contributed by atoms with Crippen LogP contribution in [-0.4, -0.2) is 32.7 Å². The van der Waals surface area contributed by atoms with Crippen molar-refractivity contribution >= 4 is 11.6 Å². The number of aryl methyl sites for hydroxylation is 2. The number of hydrogen-bond acceptors (Lipinski definition) is 5. The summed E-state index contributed by atoms with van der Waals surface area (Å²) in [7, 11) is 0. The molecule has 3 aromatic rings. The summed E-state index contributed by atoms with van der Waals surface area (Å²) in [5, 5.41) is 14.0. The van der Waals surface area contributed by atoms with E-state index in [2.05, 4.69) is 27.8 Å². The van der Waals surface area contributed by atoms with Crippen molar-refractivity contribution in [2.24, 2.45) is 0 Å². The normalized spacial score (nSPS) is 10.5. The molecular formula is C18H19N5O2. The van der Waals surface area contributed by atoms with E-state index in [0.29, 0.717) is 5.69 Å². The van der Waals surface area contributed by atoms with Gasteiger partial charge in [0.05, 0.1) is 5.69 Å². The summed E-state index contributed by atoms with van der Waals surface area (Å²) in [6.07, 6.45) is 2.38. The zero-order valence-corrected chi connectivity index (χ0v) is 14.1. The summed E-state index contributed by atoms with van der Waals surface area (Å²) in [4.78, 5) is 12.1. The number of benzene rings is 2. The van der Waals surface area contributed by atoms with Gasteiger partial charge in [0, 0.05) is 5.69 Å². The van der Waals surface area contributed by atoms with E-state index >= 15 is 0 Å². The van der Waals surface area contributed by atoms with Crippen molar-refractivity contribution in [2.45, 2.75) is 20.3 Å². The summed E-state index contributed by atoms with van der Waals surface area (Å²) in [6, 6.07) is 13.3. The van der Waals surface area contributed by atoms with Crippen LogP contribution in [-0.2, 0) is 11.2 Å². The van der Waals surface area contributed by atoms with Gasteiger partial charge in [0.2, 0.25) is 0 Å². The van der Waals surface area contributed by atoms with Crippen molar-refractivity contribution in [1.29, 1.82) is 0 Å². The van der Waals surface area contributed by atoms with Gasteiger partial charge in [-0.2, -0.15) is 0 Å². The number of ether oxygens (including phenoxy) is 1. The molecule has 7 nitrogen and oxygen atoms in total. The van der Waals surface area contributed by atoms with Gasteiger partial charge in [-0.25, -0.2) is 4.68 Å². The first-order chi connectivity index (χ1) is 12.2. The van der Waals surface area contributed by atoms with Gasteiger partial charge in [0.15, 0.2) is 6.61 Å². The molecule has 1 N–H and O–H groups in total. The topological polar surface area (TPSA) is 81.9 Å². The Balaban J connectivity index is 1.62. The highest BCUT2D eigenvalue weighted by atomic mass is 16.5. The van der Waals surface area contributed by atoms with Gasteiger partial charge in [-0.15, -0.1) is 5.10 Å². The van der Waals surface area contributed by atoms with Crippen molar-refractivity contribution in [3.63, 3.8) is 0 Å². The molecule has 0 unspecified atom stereocenters. The fourth-order valence-electron chi connectivity index (χ4n) is 2.54. The van der Waals surface area contributed by atoms with E-state index in [1.165, 1.54) is 6.33 Å². The van der Waals surface area contributed by atoms with Crippen molar-refractivity contribution in [2.75, 3.05) is 11.9 Å². The quantitative estimate of drug-likeness (QED) is 0.747. The number of aromatic nitrogens is 4. The van der Waals surface area contributed by atoms with Crippen LogP contribution in [0.4, 0.5) is 5.69 Å². The summed E-state index contributed by atoms with van der Waals surface area (Å²) >= 11 is 0. The van der Waals surface area contributed by atoms with Gasteiger partial charge in [0.1, 0.15) is 12.1 Å². The molecular weight excluding hydrogens is 318 g/mol. The molecule has 0 atom stereocenters. The van der Waals surface area contributed by atoms with E-state index in [1.807, 2.05) is 49.4 Å². The molecule has 1 amide bonds. The van der Waals surface area contributed by atoms with Crippen LogP contribution in [0.3, 0.4) is 0 Å². The minimum Gasteiger partial charge on any atom is -0.483 e. The molecule has 0 aliphatic carbocycles. The SMILES string of the molecule is CCc1ccccc1OCC(=O)Nc1ccc(-n2cnnn2)c(C)c1. The molecule has 128 valence electrons. The first-order valence-electron chi connectivity index (χ1n) is 8.02. The monoisotopic (exact) mass is 337 g/mol. The highest BCUT2D eigenvalue weighted by molar-refractivity contribution is 5.92.